The van der Waals surface area contributed by atoms with E-state index in [0.717, 1.165) is 12.6 Å². The second-order valence-electron chi connectivity index (χ2n) is 4.41. The number of aromatic nitrogens is 2. The summed E-state index contributed by atoms with van der Waals surface area (Å²) in [4.78, 5) is 11.6. The molecule has 0 radical (unpaired) electrons. The van der Waals surface area contributed by atoms with Gasteiger partial charge in [0.1, 0.15) is 11.6 Å². The highest BCUT2D eigenvalue weighted by molar-refractivity contribution is 6.32. The van der Waals surface area contributed by atoms with Crippen molar-refractivity contribution in [1.29, 1.82) is 0 Å². The van der Waals surface area contributed by atoms with Gasteiger partial charge in [-0.3, -0.25) is 4.79 Å². The molecule has 1 aromatic heterocycles. The predicted octanol–water partition coefficient (Wildman–Crippen LogP) is 2.28. The largest absolute Gasteiger partial charge is 0.408 e. The first-order valence-electron chi connectivity index (χ1n) is 5.37. The second-order valence-corrected chi connectivity index (χ2v) is 4.79. The summed E-state index contributed by atoms with van der Waals surface area (Å²) in [6.45, 7) is 0.579. The van der Waals surface area contributed by atoms with Gasteiger partial charge in [-0.15, -0.1) is 0 Å². The maximum Gasteiger partial charge on any atom is 0.408 e. The number of rotatable bonds is 3. The Kier molecular flexibility index (Phi) is 3.27. The lowest BCUT2D eigenvalue weighted by atomic mass is 10.4. The third-order valence-electron chi connectivity index (χ3n) is 2.76. The number of anilines is 1. The predicted molar refractivity (Wildman–Crippen MR) is 60.8 cm³/mol. The van der Waals surface area contributed by atoms with Crippen LogP contribution in [0.4, 0.5) is 18.9 Å². The van der Waals surface area contributed by atoms with E-state index in [4.69, 9.17) is 11.6 Å². The summed E-state index contributed by atoms with van der Waals surface area (Å²) in [6, 6.07) is 0.210. The van der Waals surface area contributed by atoms with Crippen molar-refractivity contribution in [2.45, 2.75) is 32.1 Å². The lowest BCUT2D eigenvalue weighted by Gasteiger charge is -2.11. The van der Waals surface area contributed by atoms with Gasteiger partial charge >= 0.3 is 6.18 Å². The first kappa shape index (κ1) is 13.2. The number of hydrogen-bond acceptors (Lipinski definition) is 3. The fraction of sp³-hybridized carbons (Fsp3) is 0.600. The molecule has 0 aliphatic heterocycles. The van der Waals surface area contributed by atoms with E-state index in [1.165, 1.54) is 0 Å². The van der Waals surface area contributed by atoms with Crippen molar-refractivity contribution in [3.05, 3.63) is 21.6 Å². The van der Waals surface area contributed by atoms with Crippen LogP contribution >= 0.6 is 11.6 Å². The van der Waals surface area contributed by atoms with E-state index in [1.54, 1.807) is 0 Å². The smallest absolute Gasteiger partial charge is 0.379 e. The molecule has 1 saturated carbocycles. The van der Waals surface area contributed by atoms with Gasteiger partial charge in [-0.05, 0) is 12.3 Å². The van der Waals surface area contributed by atoms with Gasteiger partial charge in [-0.25, -0.2) is 4.68 Å². The van der Waals surface area contributed by atoms with Crippen molar-refractivity contribution in [2.75, 3.05) is 5.32 Å². The number of hydrogen-bond donors (Lipinski definition) is 1. The van der Waals surface area contributed by atoms with Crippen LogP contribution in [0.25, 0.3) is 0 Å². The molecule has 2 rings (SSSR count). The molecule has 1 N–H and O–H groups in total. The molecule has 0 aromatic carbocycles. The molecule has 100 valence electrons. The van der Waals surface area contributed by atoms with E-state index >= 15 is 0 Å². The van der Waals surface area contributed by atoms with Crippen molar-refractivity contribution in [3.63, 3.8) is 0 Å². The Balaban J connectivity index is 2.21. The number of alkyl halides is 3. The molecule has 1 heterocycles. The summed E-state index contributed by atoms with van der Waals surface area (Å²) in [6.07, 6.45) is -2.40. The Morgan fingerprint density at radius 2 is 2.22 bits per heavy atom. The quantitative estimate of drug-likeness (QED) is 0.925. The van der Waals surface area contributed by atoms with Crippen LogP contribution in [-0.2, 0) is 6.54 Å². The SMILES string of the molecule is CC1CC1Nc1cnn(CC(F)(F)F)c(=O)c1Cl. The topological polar surface area (TPSA) is 46.9 Å². The van der Waals surface area contributed by atoms with Crippen molar-refractivity contribution >= 4 is 17.3 Å². The summed E-state index contributed by atoms with van der Waals surface area (Å²) < 4.78 is 36.8. The van der Waals surface area contributed by atoms with Crippen molar-refractivity contribution < 1.29 is 13.2 Å². The van der Waals surface area contributed by atoms with Crippen LogP contribution in [0.2, 0.25) is 5.02 Å². The van der Waals surface area contributed by atoms with Gasteiger partial charge in [0.2, 0.25) is 0 Å². The summed E-state index contributed by atoms with van der Waals surface area (Å²) in [5.74, 6) is 0.471. The first-order valence-corrected chi connectivity index (χ1v) is 5.74. The average molecular weight is 282 g/mol. The fourth-order valence-corrected chi connectivity index (χ4v) is 1.77. The van der Waals surface area contributed by atoms with E-state index in [1.807, 2.05) is 6.92 Å². The van der Waals surface area contributed by atoms with Crippen LogP contribution < -0.4 is 10.9 Å². The van der Waals surface area contributed by atoms with Crippen LogP contribution in [0.5, 0.6) is 0 Å². The number of halogens is 4. The zero-order valence-corrected chi connectivity index (χ0v) is 10.2. The number of nitrogens with one attached hydrogen (secondary N) is 1. The van der Waals surface area contributed by atoms with Gasteiger partial charge < -0.3 is 5.32 Å². The molecule has 1 fully saturated rings. The van der Waals surface area contributed by atoms with E-state index in [2.05, 4.69) is 10.4 Å². The second kappa shape index (κ2) is 4.46. The molecule has 0 bridgehead atoms. The van der Waals surface area contributed by atoms with Gasteiger partial charge in [0, 0.05) is 6.04 Å². The average Bonchev–Trinajstić information content (AvgIpc) is 2.92. The lowest BCUT2D eigenvalue weighted by molar-refractivity contribution is -0.143. The minimum atomic E-state index is -4.50. The standard InChI is InChI=1S/C10H11ClF3N3O/c1-5-2-6(5)16-7-3-15-17(4-10(12,13)14)9(18)8(7)11/h3,5-6,16H,2,4H2,1H3. The Labute approximate surface area is 106 Å². The molecule has 1 aliphatic rings. The molecule has 4 nitrogen and oxygen atoms in total. The Hall–Kier alpha value is -1.24. The molecular weight excluding hydrogens is 271 g/mol. The van der Waals surface area contributed by atoms with Gasteiger partial charge in [-0.2, -0.15) is 18.3 Å². The molecular formula is C10H11ClF3N3O. The highest BCUT2D eigenvalue weighted by atomic mass is 35.5. The summed E-state index contributed by atoms with van der Waals surface area (Å²) >= 11 is 5.74. The Bertz CT molecular complexity index is 514. The third kappa shape index (κ3) is 2.95. The normalized spacial score (nSPS) is 22.9. The monoisotopic (exact) mass is 281 g/mol. The van der Waals surface area contributed by atoms with Crippen molar-refractivity contribution in [3.8, 4) is 0 Å². The highest BCUT2D eigenvalue weighted by Crippen LogP contribution is 2.33. The minimum Gasteiger partial charge on any atom is -0.379 e. The Morgan fingerprint density at radius 1 is 1.61 bits per heavy atom. The molecule has 1 aromatic rings. The highest BCUT2D eigenvalue weighted by Gasteiger charge is 2.34. The lowest BCUT2D eigenvalue weighted by Crippen LogP contribution is -2.31. The van der Waals surface area contributed by atoms with Gasteiger partial charge in [0.05, 0.1) is 11.9 Å². The van der Waals surface area contributed by atoms with E-state index in [9.17, 15) is 18.0 Å². The molecule has 18 heavy (non-hydrogen) atoms. The van der Waals surface area contributed by atoms with Crippen LogP contribution in [0.15, 0.2) is 11.0 Å². The maximum absolute atomic E-state index is 12.2. The van der Waals surface area contributed by atoms with Gasteiger partial charge in [-0.1, -0.05) is 18.5 Å². The summed E-state index contributed by atoms with van der Waals surface area (Å²) in [7, 11) is 0. The third-order valence-corrected chi connectivity index (χ3v) is 3.13. The Morgan fingerprint density at radius 3 is 2.72 bits per heavy atom. The zero-order chi connectivity index (χ0) is 13.5. The van der Waals surface area contributed by atoms with E-state index < -0.39 is 18.3 Å². The minimum absolute atomic E-state index is 0.210. The molecule has 0 saturated heterocycles. The van der Waals surface area contributed by atoms with Gasteiger partial charge in [0.25, 0.3) is 5.56 Å². The molecule has 2 unspecified atom stereocenters. The maximum atomic E-state index is 12.2. The van der Waals surface area contributed by atoms with Gasteiger partial charge in [0.15, 0.2) is 0 Å². The van der Waals surface area contributed by atoms with E-state index in [0.29, 0.717) is 10.6 Å². The van der Waals surface area contributed by atoms with Crippen molar-refractivity contribution in [2.24, 2.45) is 5.92 Å². The molecule has 1 aliphatic carbocycles. The zero-order valence-electron chi connectivity index (χ0n) is 9.46. The molecule has 0 spiro atoms. The van der Waals surface area contributed by atoms with Crippen LogP contribution in [0.3, 0.4) is 0 Å². The first-order chi connectivity index (χ1) is 8.28. The molecule has 2 atom stereocenters. The molecule has 8 heteroatoms. The number of nitrogens with zero attached hydrogens (tertiary/aromatic N) is 2. The summed E-state index contributed by atoms with van der Waals surface area (Å²) in [5, 5.41) is 6.19. The van der Waals surface area contributed by atoms with Crippen LogP contribution in [0.1, 0.15) is 13.3 Å². The molecule has 0 amide bonds. The fourth-order valence-electron chi connectivity index (χ4n) is 1.57. The van der Waals surface area contributed by atoms with Crippen LogP contribution in [0, 0.1) is 5.92 Å². The van der Waals surface area contributed by atoms with E-state index in [-0.39, 0.29) is 16.8 Å². The summed E-state index contributed by atoms with van der Waals surface area (Å²) in [5.41, 5.74) is -0.651. The van der Waals surface area contributed by atoms with Crippen molar-refractivity contribution in [1.82, 2.24) is 9.78 Å². The van der Waals surface area contributed by atoms with Crippen LogP contribution in [-0.4, -0.2) is 22.0 Å².